The van der Waals surface area contributed by atoms with Gasteiger partial charge in [-0.2, -0.15) is 0 Å². The Morgan fingerprint density at radius 1 is 1.53 bits per heavy atom. The second-order valence-corrected chi connectivity index (χ2v) is 5.40. The van der Waals surface area contributed by atoms with Crippen LogP contribution in [0.5, 0.6) is 0 Å². The van der Waals surface area contributed by atoms with Gasteiger partial charge in [0.05, 0.1) is 16.6 Å². The molecule has 0 saturated heterocycles. The van der Waals surface area contributed by atoms with Crippen molar-refractivity contribution in [3.05, 3.63) is 45.2 Å². The van der Waals surface area contributed by atoms with E-state index < -0.39 is 0 Å². The quantitative estimate of drug-likeness (QED) is 0.910. The number of carbonyl (C=O) groups excluding carboxylic acids is 1. The molecule has 2 N–H and O–H groups in total. The van der Waals surface area contributed by atoms with Gasteiger partial charge in [-0.1, -0.05) is 17.7 Å². The summed E-state index contributed by atoms with van der Waals surface area (Å²) in [5.41, 5.74) is 0.421. The first-order valence-corrected chi connectivity index (χ1v) is 7.05. The summed E-state index contributed by atoms with van der Waals surface area (Å²) < 4.78 is 0. The normalized spacial score (nSPS) is 11.9. The summed E-state index contributed by atoms with van der Waals surface area (Å²) >= 11 is 7.62. The summed E-state index contributed by atoms with van der Waals surface area (Å²) in [6.07, 6.45) is 1.47. The molecule has 0 aliphatic heterocycles. The largest absolute Gasteiger partial charge is 0.373 e. The lowest BCUT2D eigenvalue weighted by Gasteiger charge is -2.13. The lowest BCUT2D eigenvalue weighted by molar-refractivity contribution is 0.0940. The van der Waals surface area contributed by atoms with Crippen LogP contribution >= 0.6 is 22.9 Å². The number of rotatable bonds is 4. The monoisotopic (exact) mass is 295 g/mol. The molecule has 1 amide bonds. The average molecular weight is 296 g/mol. The van der Waals surface area contributed by atoms with Crippen molar-refractivity contribution in [2.45, 2.75) is 13.0 Å². The summed E-state index contributed by atoms with van der Waals surface area (Å²) in [5, 5.41) is 8.13. The molecule has 6 heteroatoms. The minimum Gasteiger partial charge on any atom is -0.373 e. The Bertz CT molecular complexity index is 571. The molecule has 2 rings (SSSR count). The number of halogens is 1. The maximum absolute atomic E-state index is 12.2. The molecule has 0 aliphatic rings. The molecule has 0 bridgehead atoms. The Hall–Kier alpha value is -1.59. The molecule has 1 atom stereocenters. The van der Waals surface area contributed by atoms with E-state index in [-0.39, 0.29) is 11.9 Å². The maximum atomic E-state index is 12.2. The fourth-order valence-electron chi connectivity index (χ4n) is 1.63. The first-order chi connectivity index (χ1) is 9.11. The van der Waals surface area contributed by atoms with E-state index >= 15 is 0 Å². The van der Waals surface area contributed by atoms with Gasteiger partial charge in [0, 0.05) is 18.1 Å². The smallest absolute Gasteiger partial charge is 0.253 e. The Kier molecular flexibility index (Phi) is 4.39. The Morgan fingerprint density at radius 2 is 2.32 bits per heavy atom. The molecule has 2 aromatic heterocycles. The van der Waals surface area contributed by atoms with Gasteiger partial charge in [-0.25, -0.2) is 4.98 Å². The van der Waals surface area contributed by atoms with Crippen molar-refractivity contribution in [3.63, 3.8) is 0 Å². The average Bonchev–Trinajstić information content (AvgIpc) is 2.93. The molecule has 0 aromatic carbocycles. The van der Waals surface area contributed by atoms with Crippen molar-refractivity contribution in [1.82, 2.24) is 10.3 Å². The van der Waals surface area contributed by atoms with E-state index in [1.807, 2.05) is 24.4 Å². The predicted octanol–water partition coefficient (Wildman–Crippen LogP) is 3.33. The van der Waals surface area contributed by atoms with Gasteiger partial charge >= 0.3 is 0 Å². The second-order valence-electron chi connectivity index (χ2n) is 4.01. The highest BCUT2D eigenvalue weighted by Crippen LogP contribution is 2.21. The van der Waals surface area contributed by atoms with Gasteiger partial charge in [0.15, 0.2) is 0 Å². The van der Waals surface area contributed by atoms with Crippen LogP contribution in [0, 0.1) is 0 Å². The molecule has 0 saturated carbocycles. The summed E-state index contributed by atoms with van der Waals surface area (Å²) in [7, 11) is 1.74. The molecule has 1 unspecified atom stereocenters. The number of aromatic nitrogens is 1. The van der Waals surface area contributed by atoms with Gasteiger partial charge in [-0.05, 0) is 24.4 Å². The van der Waals surface area contributed by atoms with Gasteiger partial charge in [-0.15, -0.1) is 11.3 Å². The molecule has 2 heterocycles. The summed E-state index contributed by atoms with van der Waals surface area (Å²) in [6.45, 7) is 1.94. The standard InChI is InChI=1S/C13H14ClN3OS/c1-8(11-4-3-5-19-11)17-13(18)9-6-12(15-2)16-7-10(9)14/h3-8H,1-2H3,(H,15,16)(H,17,18). The molecule has 0 radical (unpaired) electrons. The third-order valence-electron chi connectivity index (χ3n) is 2.67. The van der Waals surface area contributed by atoms with Crippen LogP contribution in [0.1, 0.15) is 28.2 Å². The van der Waals surface area contributed by atoms with Crippen LogP contribution in [0.3, 0.4) is 0 Å². The third kappa shape index (κ3) is 3.24. The summed E-state index contributed by atoms with van der Waals surface area (Å²) in [6, 6.07) is 5.54. The zero-order valence-electron chi connectivity index (χ0n) is 10.6. The zero-order chi connectivity index (χ0) is 13.8. The minimum atomic E-state index is -0.204. The van der Waals surface area contributed by atoms with E-state index in [1.165, 1.54) is 6.20 Å². The van der Waals surface area contributed by atoms with Crippen molar-refractivity contribution >= 4 is 34.7 Å². The topological polar surface area (TPSA) is 54.0 Å². The van der Waals surface area contributed by atoms with Crippen molar-refractivity contribution in [2.24, 2.45) is 0 Å². The number of carbonyl (C=O) groups is 1. The van der Waals surface area contributed by atoms with Gasteiger partial charge in [0.2, 0.25) is 0 Å². The Morgan fingerprint density at radius 3 is 2.95 bits per heavy atom. The highest BCUT2D eigenvalue weighted by Gasteiger charge is 2.15. The number of anilines is 1. The molecule has 0 spiro atoms. The molecular weight excluding hydrogens is 282 g/mol. The van der Waals surface area contributed by atoms with Crippen molar-refractivity contribution in [3.8, 4) is 0 Å². The van der Waals surface area contributed by atoms with Crippen molar-refractivity contribution in [2.75, 3.05) is 12.4 Å². The lowest BCUT2D eigenvalue weighted by Crippen LogP contribution is -2.26. The highest BCUT2D eigenvalue weighted by atomic mass is 35.5. The molecular formula is C13H14ClN3OS. The van der Waals surface area contributed by atoms with Gasteiger partial charge in [0.25, 0.3) is 5.91 Å². The number of hydrogen-bond donors (Lipinski definition) is 2. The van der Waals surface area contributed by atoms with E-state index in [0.717, 1.165) is 4.88 Å². The molecule has 0 fully saturated rings. The number of hydrogen-bond acceptors (Lipinski definition) is 4. The number of nitrogens with one attached hydrogen (secondary N) is 2. The van der Waals surface area contributed by atoms with E-state index in [1.54, 1.807) is 24.5 Å². The van der Waals surface area contributed by atoms with Crippen LogP contribution in [0.4, 0.5) is 5.82 Å². The fourth-order valence-corrected chi connectivity index (χ4v) is 2.56. The van der Waals surface area contributed by atoms with E-state index in [2.05, 4.69) is 15.6 Å². The van der Waals surface area contributed by atoms with E-state index in [9.17, 15) is 4.79 Å². The Balaban J connectivity index is 2.16. The van der Waals surface area contributed by atoms with Gasteiger partial charge in [-0.3, -0.25) is 4.79 Å². The molecule has 0 aliphatic carbocycles. The number of amides is 1. The third-order valence-corrected chi connectivity index (χ3v) is 4.03. The molecule has 4 nitrogen and oxygen atoms in total. The zero-order valence-corrected chi connectivity index (χ0v) is 12.2. The highest BCUT2D eigenvalue weighted by molar-refractivity contribution is 7.10. The van der Waals surface area contributed by atoms with E-state index in [0.29, 0.717) is 16.4 Å². The van der Waals surface area contributed by atoms with Crippen LogP contribution in [-0.4, -0.2) is 17.9 Å². The Labute approximate surface area is 120 Å². The van der Waals surface area contributed by atoms with Crippen LogP contribution in [-0.2, 0) is 0 Å². The van der Waals surface area contributed by atoms with Gasteiger partial charge < -0.3 is 10.6 Å². The molecule has 2 aromatic rings. The van der Waals surface area contributed by atoms with Crippen molar-refractivity contribution < 1.29 is 4.79 Å². The maximum Gasteiger partial charge on any atom is 0.253 e. The van der Waals surface area contributed by atoms with Crippen LogP contribution in [0.15, 0.2) is 29.8 Å². The van der Waals surface area contributed by atoms with Crippen LogP contribution < -0.4 is 10.6 Å². The first kappa shape index (κ1) is 13.8. The van der Waals surface area contributed by atoms with Crippen molar-refractivity contribution in [1.29, 1.82) is 0 Å². The second kappa shape index (κ2) is 6.04. The number of pyridine rings is 1. The minimum absolute atomic E-state index is 0.0465. The van der Waals surface area contributed by atoms with Crippen LogP contribution in [0.25, 0.3) is 0 Å². The number of nitrogens with zero attached hydrogens (tertiary/aromatic N) is 1. The SMILES string of the molecule is CNc1cc(C(=O)NC(C)c2cccs2)c(Cl)cn1. The molecule has 100 valence electrons. The fraction of sp³-hybridized carbons (Fsp3) is 0.231. The van der Waals surface area contributed by atoms with Gasteiger partial charge in [0.1, 0.15) is 5.82 Å². The summed E-state index contributed by atoms with van der Waals surface area (Å²) in [4.78, 5) is 17.3. The predicted molar refractivity (Wildman–Crippen MR) is 79.0 cm³/mol. The summed E-state index contributed by atoms with van der Waals surface area (Å²) in [5.74, 6) is 0.406. The first-order valence-electron chi connectivity index (χ1n) is 5.79. The number of thiophene rings is 1. The lowest BCUT2D eigenvalue weighted by atomic mass is 10.2. The molecule has 19 heavy (non-hydrogen) atoms. The van der Waals surface area contributed by atoms with Crippen LogP contribution in [0.2, 0.25) is 5.02 Å². The van der Waals surface area contributed by atoms with E-state index in [4.69, 9.17) is 11.6 Å².